The van der Waals surface area contributed by atoms with Gasteiger partial charge in [-0.25, -0.2) is 0 Å². The molecule has 40 heavy (non-hydrogen) atoms. The highest BCUT2D eigenvalue weighted by Crippen LogP contribution is 2.51. The predicted octanol–water partition coefficient (Wildman–Crippen LogP) is 9.60. The van der Waals surface area contributed by atoms with Gasteiger partial charge in [-0.1, -0.05) is 78.9 Å². The van der Waals surface area contributed by atoms with Crippen LogP contribution >= 0.6 is 0 Å². The molecule has 0 spiro atoms. The molecule has 4 nitrogen and oxygen atoms in total. The number of fused-ring (bicyclic) bond motifs is 6. The van der Waals surface area contributed by atoms with Crippen LogP contribution in [0.4, 0.5) is 5.69 Å². The highest BCUT2D eigenvalue weighted by atomic mass is 16.6. The van der Waals surface area contributed by atoms with Crippen molar-refractivity contribution in [1.82, 2.24) is 4.57 Å². The molecule has 0 saturated heterocycles. The molecular weight excluding hydrogens is 492 g/mol. The fraction of sp³-hybridized carbons (Fsp3) is 0. The Hall–Kier alpha value is -5.48. The average molecular weight is 517 g/mol. The van der Waals surface area contributed by atoms with E-state index in [9.17, 15) is 0 Å². The van der Waals surface area contributed by atoms with E-state index in [1.807, 2.05) is 54.6 Å². The third kappa shape index (κ3) is 3.47. The first-order valence-electron chi connectivity index (χ1n) is 13.3. The zero-order chi connectivity index (χ0) is 26.6. The van der Waals surface area contributed by atoms with E-state index in [4.69, 9.17) is 15.2 Å². The Morgan fingerprint density at radius 2 is 1.25 bits per heavy atom. The monoisotopic (exact) mass is 516 g/mol. The molecule has 0 fully saturated rings. The zero-order valence-corrected chi connectivity index (χ0v) is 21.5. The maximum atomic E-state index is 6.57. The summed E-state index contributed by atoms with van der Waals surface area (Å²) in [6.45, 7) is 0. The molecule has 0 saturated carbocycles. The number of benzene rings is 6. The first kappa shape index (κ1) is 22.5. The molecule has 0 bridgehead atoms. The van der Waals surface area contributed by atoms with Crippen LogP contribution in [0.3, 0.4) is 0 Å². The quantitative estimate of drug-likeness (QED) is 0.238. The Kier molecular flexibility index (Phi) is 4.94. The van der Waals surface area contributed by atoms with Gasteiger partial charge in [0, 0.05) is 27.7 Å². The number of rotatable bonds is 3. The van der Waals surface area contributed by atoms with Gasteiger partial charge in [0.25, 0.3) is 0 Å². The zero-order valence-electron chi connectivity index (χ0n) is 21.5. The van der Waals surface area contributed by atoms with E-state index >= 15 is 0 Å². The van der Waals surface area contributed by atoms with Crippen LogP contribution in [0.2, 0.25) is 0 Å². The maximum absolute atomic E-state index is 6.57. The standard InChI is InChI=1S/C36H24N2O2/c37-30-14-5-4-13-27(30)25-17-19-31-29(22-25)28-18-20-34-36(40-33-16-7-6-15-32(33)39-34)35(28)38(31)26-12-8-11-24(21-26)23-9-2-1-3-10-23/h1-22H,37H2. The summed E-state index contributed by atoms with van der Waals surface area (Å²) in [4.78, 5) is 0. The van der Waals surface area contributed by atoms with Crippen LogP contribution in [0.25, 0.3) is 49.7 Å². The first-order chi connectivity index (χ1) is 19.7. The topological polar surface area (TPSA) is 49.4 Å². The lowest BCUT2D eigenvalue weighted by molar-refractivity contribution is 0.362. The van der Waals surface area contributed by atoms with E-state index in [0.717, 1.165) is 49.9 Å². The average Bonchev–Trinajstić information content (AvgIpc) is 3.35. The minimum atomic E-state index is 0.696. The van der Waals surface area contributed by atoms with Crippen molar-refractivity contribution in [3.63, 3.8) is 0 Å². The number of anilines is 1. The molecule has 4 heteroatoms. The van der Waals surface area contributed by atoms with Gasteiger partial charge in [0.15, 0.2) is 23.0 Å². The molecular formula is C36H24N2O2. The summed E-state index contributed by atoms with van der Waals surface area (Å²) in [5.41, 5.74) is 14.6. The van der Waals surface area contributed by atoms with E-state index in [1.54, 1.807) is 0 Å². The molecule has 2 N–H and O–H groups in total. The Labute approximate surface area is 231 Å². The molecule has 1 aromatic heterocycles. The van der Waals surface area contributed by atoms with Crippen molar-refractivity contribution in [3.05, 3.63) is 133 Å². The maximum Gasteiger partial charge on any atom is 0.194 e. The van der Waals surface area contributed by atoms with Crippen LogP contribution < -0.4 is 15.2 Å². The third-order valence-electron chi connectivity index (χ3n) is 7.61. The van der Waals surface area contributed by atoms with Gasteiger partial charge in [0.05, 0.1) is 5.52 Å². The van der Waals surface area contributed by atoms with Crippen LogP contribution in [0, 0.1) is 0 Å². The second-order valence-electron chi connectivity index (χ2n) is 10.0. The number of hydrogen-bond acceptors (Lipinski definition) is 3. The fourth-order valence-electron chi connectivity index (χ4n) is 5.74. The summed E-state index contributed by atoms with van der Waals surface area (Å²) in [6, 6.07) is 45.5. The predicted molar refractivity (Wildman–Crippen MR) is 163 cm³/mol. The molecule has 7 aromatic rings. The number of nitrogens with zero attached hydrogens (tertiary/aromatic N) is 1. The molecule has 2 heterocycles. The van der Waals surface area contributed by atoms with E-state index in [0.29, 0.717) is 23.0 Å². The molecule has 0 aliphatic carbocycles. The van der Waals surface area contributed by atoms with Crippen molar-refractivity contribution in [1.29, 1.82) is 0 Å². The third-order valence-corrected chi connectivity index (χ3v) is 7.61. The lowest BCUT2D eigenvalue weighted by Gasteiger charge is -2.22. The number of aromatic nitrogens is 1. The molecule has 6 aromatic carbocycles. The molecule has 1 aliphatic rings. The van der Waals surface area contributed by atoms with Gasteiger partial charge in [-0.3, -0.25) is 0 Å². The summed E-state index contributed by atoms with van der Waals surface area (Å²) >= 11 is 0. The number of ether oxygens (including phenoxy) is 2. The van der Waals surface area contributed by atoms with Gasteiger partial charge in [-0.15, -0.1) is 0 Å². The highest BCUT2D eigenvalue weighted by molar-refractivity contribution is 6.13. The van der Waals surface area contributed by atoms with Gasteiger partial charge in [0.1, 0.15) is 5.52 Å². The van der Waals surface area contributed by atoms with Crippen LogP contribution in [0.5, 0.6) is 23.0 Å². The first-order valence-corrected chi connectivity index (χ1v) is 13.3. The number of nitrogens with two attached hydrogens (primary N) is 1. The number of hydrogen-bond donors (Lipinski definition) is 1. The van der Waals surface area contributed by atoms with Crippen molar-refractivity contribution in [2.45, 2.75) is 0 Å². The summed E-state index contributed by atoms with van der Waals surface area (Å²) in [5.74, 6) is 2.82. The molecule has 8 rings (SSSR count). The SMILES string of the molecule is Nc1ccccc1-c1ccc2c(c1)c1ccc3c(c1n2-c1cccc(-c2ccccc2)c1)Oc1ccccc1O3. The van der Waals surface area contributed by atoms with Gasteiger partial charge >= 0.3 is 0 Å². The molecule has 1 aliphatic heterocycles. The Bertz CT molecular complexity index is 2080. The Balaban J connectivity index is 1.43. The van der Waals surface area contributed by atoms with Crippen LogP contribution in [0.1, 0.15) is 0 Å². The van der Waals surface area contributed by atoms with Gasteiger partial charge in [-0.05, 0) is 71.3 Å². The Morgan fingerprint density at radius 3 is 2.10 bits per heavy atom. The van der Waals surface area contributed by atoms with Gasteiger partial charge in [-0.2, -0.15) is 0 Å². The van der Waals surface area contributed by atoms with Crippen LogP contribution in [-0.2, 0) is 0 Å². The molecule has 0 radical (unpaired) electrons. The summed E-state index contributed by atoms with van der Waals surface area (Å²) in [6.07, 6.45) is 0. The molecule has 0 atom stereocenters. The van der Waals surface area contributed by atoms with E-state index in [1.165, 1.54) is 5.56 Å². The number of nitrogen functional groups attached to an aromatic ring is 1. The van der Waals surface area contributed by atoms with Crippen LogP contribution in [0.15, 0.2) is 133 Å². The summed E-state index contributed by atoms with van der Waals surface area (Å²) in [7, 11) is 0. The van der Waals surface area contributed by atoms with Crippen LogP contribution in [-0.4, -0.2) is 4.57 Å². The summed E-state index contributed by atoms with van der Waals surface area (Å²) < 4.78 is 15.2. The second kappa shape index (κ2) is 8.79. The number of para-hydroxylation sites is 3. The normalized spacial score (nSPS) is 12.0. The van der Waals surface area contributed by atoms with Crippen molar-refractivity contribution in [3.8, 4) is 50.9 Å². The van der Waals surface area contributed by atoms with Gasteiger partial charge in [0.2, 0.25) is 0 Å². The van der Waals surface area contributed by atoms with Crippen molar-refractivity contribution in [2.24, 2.45) is 0 Å². The van der Waals surface area contributed by atoms with E-state index in [-0.39, 0.29) is 0 Å². The molecule has 190 valence electrons. The lowest BCUT2D eigenvalue weighted by Crippen LogP contribution is -2.02. The van der Waals surface area contributed by atoms with Crippen molar-refractivity contribution >= 4 is 27.5 Å². The lowest BCUT2D eigenvalue weighted by atomic mass is 10.0. The summed E-state index contributed by atoms with van der Waals surface area (Å²) in [5, 5.41) is 2.20. The fourth-order valence-corrected chi connectivity index (χ4v) is 5.74. The smallest absolute Gasteiger partial charge is 0.194 e. The van der Waals surface area contributed by atoms with E-state index in [2.05, 4.69) is 83.4 Å². The second-order valence-corrected chi connectivity index (χ2v) is 10.0. The highest BCUT2D eigenvalue weighted by Gasteiger charge is 2.26. The van der Waals surface area contributed by atoms with E-state index < -0.39 is 0 Å². The Morgan fingerprint density at radius 1 is 0.500 bits per heavy atom. The molecule has 0 amide bonds. The minimum Gasteiger partial charge on any atom is -0.449 e. The van der Waals surface area contributed by atoms with Crippen molar-refractivity contribution < 1.29 is 9.47 Å². The van der Waals surface area contributed by atoms with Gasteiger partial charge < -0.3 is 19.8 Å². The molecule has 0 unspecified atom stereocenters. The van der Waals surface area contributed by atoms with Crippen molar-refractivity contribution in [2.75, 3.05) is 5.73 Å². The minimum absolute atomic E-state index is 0.696. The largest absolute Gasteiger partial charge is 0.449 e.